The Morgan fingerprint density at radius 2 is 2.00 bits per heavy atom. The number of benzene rings is 1. The lowest BCUT2D eigenvalue weighted by atomic mass is 10.1. The highest BCUT2D eigenvalue weighted by Crippen LogP contribution is 2.30. The number of carbonyl (C=O) groups is 1. The summed E-state index contributed by atoms with van der Waals surface area (Å²) in [4.78, 5) is 16.7. The molecule has 3 rings (SSSR count). The number of nitrogens with one attached hydrogen (secondary N) is 1. The van der Waals surface area contributed by atoms with Crippen LogP contribution in [0.1, 0.15) is 23.2 Å². The number of amides is 1. The third kappa shape index (κ3) is 4.81. The maximum Gasteiger partial charge on any atom is 0.257 e. The van der Waals surface area contributed by atoms with E-state index in [9.17, 15) is 4.79 Å². The number of anilines is 1. The fourth-order valence-electron chi connectivity index (χ4n) is 2.68. The summed E-state index contributed by atoms with van der Waals surface area (Å²) < 4.78 is 21.6. The fraction of sp³-hybridized carbons (Fsp3) is 0.368. The van der Waals surface area contributed by atoms with Gasteiger partial charge in [0.05, 0.1) is 38.7 Å². The van der Waals surface area contributed by atoms with Crippen LogP contribution in [0.3, 0.4) is 0 Å². The molecule has 0 radical (unpaired) electrons. The molecule has 27 heavy (non-hydrogen) atoms. The van der Waals surface area contributed by atoms with Gasteiger partial charge < -0.3 is 24.3 Å². The summed E-state index contributed by atoms with van der Waals surface area (Å²) in [5.41, 5.74) is 0.833. The highest BCUT2D eigenvalue weighted by atomic mass is 35.5. The van der Waals surface area contributed by atoms with E-state index in [4.69, 9.17) is 30.5 Å². The summed E-state index contributed by atoms with van der Waals surface area (Å²) in [5.74, 6) is 1.08. The maximum absolute atomic E-state index is 12.5. The van der Waals surface area contributed by atoms with Crippen molar-refractivity contribution in [1.82, 2.24) is 4.98 Å². The van der Waals surface area contributed by atoms with Crippen molar-refractivity contribution in [2.75, 3.05) is 32.8 Å². The molecule has 1 fully saturated rings. The van der Waals surface area contributed by atoms with E-state index < -0.39 is 0 Å². The molecule has 2 heterocycles. The van der Waals surface area contributed by atoms with Gasteiger partial charge in [0, 0.05) is 25.1 Å². The molecule has 1 aliphatic rings. The Morgan fingerprint density at radius 1 is 1.22 bits per heavy atom. The van der Waals surface area contributed by atoms with Crippen molar-refractivity contribution >= 4 is 23.2 Å². The van der Waals surface area contributed by atoms with Crippen LogP contribution in [0.5, 0.6) is 17.4 Å². The van der Waals surface area contributed by atoms with E-state index in [1.54, 1.807) is 25.3 Å². The van der Waals surface area contributed by atoms with Crippen molar-refractivity contribution in [3.63, 3.8) is 0 Å². The Bertz CT molecular complexity index is 809. The van der Waals surface area contributed by atoms with Crippen LogP contribution in [0.2, 0.25) is 5.02 Å². The molecule has 8 heteroatoms. The van der Waals surface area contributed by atoms with Crippen LogP contribution in [0.15, 0.2) is 30.5 Å². The summed E-state index contributed by atoms with van der Waals surface area (Å²) in [6, 6.07) is 6.65. The molecule has 144 valence electrons. The summed E-state index contributed by atoms with van der Waals surface area (Å²) in [6.07, 6.45) is 3.04. The summed E-state index contributed by atoms with van der Waals surface area (Å²) >= 11 is 6.25. The van der Waals surface area contributed by atoms with E-state index in [0.29, 0.717) is 41.8 Å². The molecular weight excluding hydrogens is 372 g/mol. The van der Waals surface area contributed by atoms with Crippen LogP contribution in [-0.4, -0.2) is 44.4 Å². The topological polar surface area (TPSA) is 78.9 Å². The van der Waals surface area contributed by atoms with Crippen molar-refractivity contribution in [2.24, 2.45) is 0 Å². The van der Waals surface area contributed by atoms with Crippen LogP contribution in [0.4, 0.5) is 5.69 Å². The number of methoxy groups -OCH3 is 2. The number of carbonyl (C=O) groups excluding carboxylic acids is 1. The molecule has 1 aromatic heterocycles. The van der Waals surface area contributed by atoms with E-state index in [0.717, 1.165) is 12.8 Å². The fourth-order valence-corrected chi connectivity index (χ4v) is 2.90. The lowest BCUT2D eigenvalue weighted by Gasteiger charge is -2.23. The highest BCUT2D eigenvalue weighted by molar-refractivity contribution is 6.32. The first kappa shape index (κ1) is 19.3. The molecule has 1 aliphatic heterocycles. The number of ether oxygens (including phenoxy) is 4. The van der Waals surface area contributed by atoms with Crippen molar-refractivity contribution in [3.8, 4) is 17.4 Å². The van der Waals surface area contributed by atoms with Crippen LogP contribution in [0, 0.1) is 0 Å². The predicted molar refractivity (Wildman–Crippen MR) is 101 cm³/mol. The summed E-state index contributed by atoms with van der Waals surface area (Å²) in [5, 5.41) is 3.07. The minimum atomic E-state index is -0.356. The first-order chi connectivity index (χ1) is 13.1. The van der Waals surface area contributed by atoms with Crippen LogP contribution >= 0.6 is 11.6 Å². The monoisotopic (exact) mass is 392 g/mol. The summed E-state index contributed by atoms with van der Waals surface area (Å²) in [6.45, 7) is 1.32. The van der Waals surface area contributed by atoms with Crippen LogP contribution < -0.4 is 19.5 Å². The Kier molecular flexibility index (Phi) is 6.36. The molecule has 2 aromatic rings. The van der Waals surface area contributed by atoms with E-state index in [1.165, 1.54) is 19.4 Å². The third-order valence-electron chi connectivity index (χ3n) is 4.17. The van der Waals surface area contributed by atoms with E-state index in [-0.39, 0.29) is 17.0 Å². The number of pyridine rings is 1. The quantitative estimate of drug-likeness (QED) is 0.809. The third-order valence-corrected chi connectivity index (χ3v) is 4.44. The molecule has 0 spiro atoms. The molecule has 0 aliphatic carbocycles. The molecule has 0 atom stereocenters. The number of rotatable bonds is 6. The van der Waals surface area contributed by atoms with Gasteiger partial charge in [-0.3, -0.25) is 4.79 Å². The Hall–Kier alpha value is -2.51. The Balaban J connectivity index is 1.71. The molecule has 1 aromatic carbocycles. The normalized spacial score (nSPS) is 14.5. The Morgan fingerprint density at radius 3 is 2.67 bits per heavy atom. The van der Waals surface area contributed by atoms with Crippen LogP contribution in [-0.2, 0) is 4.74 Å². The number of hydrogen-bond donors (Lipinski definition) is 1. The first-order valence-corrected chi connectivity index (χ1v) is 8.92. The zero-order valence-electron chi connectivity index (χ0n) is 15.2. The largest absolute Gasteiger partial charge is 0.497 e. The molecule has 7 nitrogen and oxygen atoms in total. The SMILES string of the molecule is COc1ccc(NC(=O)c2cnc(OC3CCOCC3)c(Cl)c2)c(OC)c1. The minimum absolute atomic E-state index is 0.0204. The first-order valence-electron chi connectivity index (χ1n) is 8.54. The van der Waals surface area contributed by atoms with Gasteiger partial charge in [-0.15, -0.1) is 0 Å². The van der Waals surface area contributed by atoms with Gasteiger partial charge in [0.2, 0.25) is 5.88 Å². The summed E-state index contributed by atoms with van der Waals surface area (Å²) in [7, 11) is 3.08. The van der Waals surface area contributed by atoms with Crippen molar-refractivity contribution < 1.29 is 23.7 Å². The van der Waals surface area contributed by atoms with E-state index in [1.807, 2.05) is 0 Å². The zero-order chi connectivity index (χ0) is 19.2. The van der Waals surface area contributed by atoms with Gasteiger partial charge in [-0.2, -0.15) is 0 Å². The molecule has 0 bridgehead atoms. The van der Waals surface area contributed by atoms with Gasteiger partial charge in [0.25, 0.3) is 5.91 Å². The maximum atomic E-state index is 12.5. The average molecular weight is 393 g/mol. The standard InChI is InChI=1S/C19H21ClN2O5/c1-24-14-3-4-16(17(10-14)25-2)22-18(23)12-9-15(20)19(21-11-12)27-13-5-7-26-8-6-13/h3-4,9-11,13H,5-8H2,1-2H3,(H,22,23). The van der Waals surface area contributed by atoms with Gasteiger partial charge in [-0.05, 0) is 18.2 Å². The second-order valence-electron chi connectivity index (χ2n) is 5.96. The van der Waals surface area contributed by atoms with E-state index in [2.05, 4.69) is 10.3 Å². The van der Waals surface area contributed by atoms with Crippen molar-refractivity contribution in [3.05, 3.63) is 41.0 Å². The number of halogens is 1. The van der Waals surface area contributed by atoms with Gasteiger partial charge in [0.1, 0.15) is 22.6 Å². The molecule has 0 unspecified atom stereocenters. The average Bonchev–Trinajstić information content (AvgIpc) is 2.70. The van der Waals surface area contributed by atoms with Crippen LogP contribution in [0.25, 0.3) is 0 Å². The highest BCUT2D eigenvalue weighted by Gasteiger charge is 2.19. The minimum Gasteiger partial charge on any atom is -0.497 e. The van der Waals surface area contributed by atoms with E-state index >= 15 is 0 Å². The number of nitrogens with zero attached hydrogens (tertiary/aromatic N) is 1. The lowest BCUT2D eigenvalue weighted by molar-refractivity contribution is 0.0238. The van der Waals surface area contributed by atoms with Crippen molar-refractivity contribution in [1.29, 1.82) is 0 Å². The molecule has 1 amide bonds. The van der Waals surface area contributed by atoms with Gasteiger partial charge in [-0.1, -0.05) is 11.6 Å². The molecular formula is C19H21ClN2O5. The van der Waals surface area contributed by atoms with Gasteiger partial charge in [-0.25, -0.2) is 4.98 Å². The molecule has 1 N–H and O–H groups in total. The number of aromatic nitrogens is 1. The second-order valence-corrected chi connectivity index (χ2v) is 6.37. The second kappa shape index (κ2) is 8.92. The smallest absolute Gasteiger partial charge is 0.257 e. The Labute approximate surface area is 162 Å². The van der Waals surface area contributed by atoms with Gasteiger partial charge in [0.15, 0.2) is 0 Å². The van der Waals surface area contributed by atoms with Crippen molar-refractivity contribution in [2.45, 2.75) is 18.9 Å². The molecule has 1 saturated heterocycles. The zero-order valence-corrected chi connectivity index (χ0v) is 15.9. The number of hydrogen-bond acceptors (Lipinski definition) is 6. The van der Waals surface area contributed by atoms with Gasteiger partial charge >= 0.3 is 0 Å². The lowest BCUT2D eigenvalue weighted by Crippen LogP contribution is -2.26. The predicted octanol–water partition coefficient (Wildman–Crippen LogP) is 3.56. The molecule has 0 saturated carbocycles.